The molecule has 3 aromatic rings. The molecule has 2 amide bonds. The third-order valence-electron chi connectivity index (χ3n) is 8.35. The fourth-order valence-electron chi connectivity index (χ4n) is 6.09. The molecule has 1 saturated heterocycles. The second kappa shape index (κ2) is 12.3. The fourth-order valence-corrected chi connectivity index (χ4v) is 6.27. The van der Waals surface area contributed by atoms with E-state index in [1.165, 1.54) is 41.3 Å². The van der Waals surface area contributed by atoms with Gasteiger partial charge in [-0.1, -0.05) is 35.0 Å². The third-order valence-corrected chi connectivity index (χ3v) is 8.65. The molecule has 3 atom stereocenters. The van der Waals surface area contributed by atoms with Crippen molar-refractivity contribution in [3.8, 4) is 0 Å². The zero-order valence-electron chi connectivity index (χ0n) is 23.8. The van der Waals surface area contributed by atoms with Crippen molar-refractivity contribution in [1.82, 2.24) is 4.90 Å². The maximum atomic E-state index is 14.7. The van der Waals surface area contributed by atoms with Crippen LogP contribution in [0.1, 0.15) is 45.9 Å². The van der Waals surface area contributed by atoms with Gasteiger partial charge in [-0.15, -0.1) is 0 Å². The highest BCUT2D eigenvalue weighted by Gasteiger charge is 2.42. The van der Waals surface area contributed by atoms with E-state index in [0.29, 0.717) is 17.7 Å². The Morgan fingerprint density at radius 2 is 1.86 bits per heavy atom. The molecular formula is C32H30ClFN4O6. The molecule has 0 aliphatic carbocycles. The van der Waals surface area contributed by atoms with Crippen molar-refractivity contribution in [2.75, 3.05) is 37.0 Å². The number of carboxylic acids is 1. The van der Waals surface area contributed by atoms with Crippen molar-refractivity contribution < 1.29 is 33.5 Å². The Morgan fingerprint density at radius 1 is 1.09 bits per heavy atom. The number of halogens is 2. The number of nitrogens with one attached hydrogen (secondary N) is 1. The van der Waals surface area contributed by atoms with Crippen LogP contribution in [0.15, 0.2) is 65.8 Å². The quantitative estimate of drug-likeness (QED) is 0.394. The molecule has 0 bridgehead atoms. The summed E-state index contributed by atoms with van der Waals surface area (Å²) in [4.78, 5) is 48.5. The summed E-state index contributed by atoms with van der Waals surface area (Å²) in [5.41, 5.74) is 3.53. The zero-order chi connectivity index (χ0) is 31.0. The number of anilines is 2. The number of carboxylic acid groups (broad SMARTS) is 1. The third kappa shape index (κ3) is 5.60. The van der Waals surface area contributed by atoms with E-state index >= 15 is 0 Å². The molecule has 0 unspecified atom stereocenters. The van der Waals surface area contributed by atoms with Gasteiger partial charge in [-0.2, -0.15) is 0 Å². The molecule has 1 fully saturated rings. The van der Waals surface area contributed by atoms with E-state index in [0.717, 1.165) is 30.8 Å². The predicted octanol–water partition coefficient (Wildman–Crippen LogP) is 4.66. The van der Waals surface area contributed by atoms with Crippen LogP contribution >= 0.6 is 11.6 Å². The standard InChI is InChI=1S/C32H30ClFN4O6/c1-43-20-12-14-37(17-20)26-7-3-4-22-21(26)13-15-38(29(22)30(39)35-19-10-8-18(9-11-19)32(41)42)31(40)27-16-25(36-44-27)23-5-2-6-24(33)28(23)34/h2-11,20,27,29H,12-17H2,1H3,(H,35,39)(H,41,42)/t20-,27-,29-/m1/s1. The average molecular weight is 621 g/mol. The smallest absolute Gasteiger partial charge is 0.335 e. The Kier molecular flexibility index (Phi) is 8.24. The summed E-state index contributed by atoms with van der Waals surface area (Å²) < 4.78 is 20.3. The molecule has 3 aliphatic heterocycles. The van der Waals surface area contributed by atoms with Gasteiger partial charge in [0.15, 0.2) is 5.82 Å². The molecule has 10 nitrogen and oxygen atoms in total. The largest absolute Gasteiger partial charge is 0.478 e. The van der Waals surface area contributed by atoms with Crippen LogP contribution in [0.25, 0.3) is 0 Å². The Morgan fingerprint density at radius 3 is 2.59 bits per heavy atom. The number of oxime groups is 1. The van der Waals surface area contributed by atoms with Crippen molar-refractivity contribution in [2.24, 2.45) is 5.16 Å². The molecule has 3 aromatic carbocycles. The molecule has 44 heavy (non-hydrogen) atoms. The lowest BCUT2D eigenvalue weighted by Gasteiger charge is -2.39. The molecule has 0 spiro atoms. The van der Waals surface area contributed by atoms with E-state index in [1.54, 1.807) is 13.2 Å². The van der Waals surface area contributed by atoms with Crippen LogP contribution in [0, 0.1) is 5.82 Å². The van der Waals surface area contributed by atoms with Gasteiger partial charge >= 0.3 is 5.97 Å². The number of hydrogen-bond acceptors (Lipinski definition) is 7. The number of methoxy groups -OCH3 is 1. The summed E-state index contributed by atoms with van der Waals surface area (Å²) >= 11 is 5.95. The molecule has 0 radical (unpaired) electrons. The summed E-state index contributed by atoms with van der Waals surface area (Å²) in [5, 5.41) is 16.0. The number of benzene rings is 3. The lowest BCUT2D eigenvalue weighted by molar-refractivity contribution is -0.148. The van der Waals surface area contributed by atoms with Gasteiger partial charge in [0.2, 0.25) is 6.10 Å². The van der Waals surface area contributed by atoms with E-state index < -0.39 is 35.7 Å². The molecule has 0 aromatic heterocycles. The summed E-state index contributed by atoms with van der Waals surface area (Å²) in [6, 6.07) is 15.1. The Bertz CT molecular complexity index is 1650. The molecule has 3 aliphatic rings. The second-order valence-electron chi connectivity index (χ2n) is 10.9. The van der Waals surface area contributed by atoms with Crippen LogP contribution in [0.4, 0.5) is 15.8 Å². The van der Waals surface area contributed by atoms with Crippen LogP contribution in [-0.2, 0) is 25.6 Å². The van der Waals surface area contributed by atoms with Crippen molar-refractivity contribution in [3.05, 3.63) is 93.8 Å². The monoisotopic (exact) mass is 620 g/mol. The van der Waals surface area contributed by atoms with Gasteiger partial charge < -0.3 is 29.8 Å². The van der Waals surface area contributed by atoms with Crippen molar-refractivity contribution in [1.29, 1.82) is 0 Å². The first-order valence-corrected chi connectivity index (χ1v) is 14.6. The first-order valence-electron chi connectivity index (χ1n) is 14.3. The number of ether oxygens (including phenoxy) is 1. The maximum Gasteiger partial charge on any atom is 0.335 e. The van der Waals surface area contributed by atoms with Gasteiger partial charge in [-0.25, -0.2) is 9.18 Å². The highest BCUT2D eigenvalue weighted by molar-refractivity contribution is 6.31. The topological polar surface area (TPSA) is 121 Å². The number of carbonyl (C=O) groups excluding carboxylic acids is 2. The van der Waals surface area contributed by atoms with Crippen LogP contribution < -0.4 is 10.2 Å². The number of hydrogen-bond donors (Lipinski definition) is 2. The van der Waals surface area contributed by atoms with Gasteiger partial charge in [0.05, 0.1) is 22.4 Å². The Labute approximate surface area is 258 Å². The van der Waals surface area contributed by atoms with E-state index in [4.69, 9.17) is 21.2 Å². The zero-order valence-corrected chi connectivity index (χ0v) is 24.6. The molecule has 3 heterocycles. The normalized spacial score (nSPS) is 21.0. The molecule has 228 valence electrons. The van der Waals surface area contributed by atoms with Gasteiger partial charge in [0.25, 0.3) is 11.8 Å². The van der Waals surface area contributed by atoms with Crippen LogP contribution in [0.5, 0.6) is 0 Å². The van der Waals surface area contributed by atoms with E-state index in [1.807, 2.05) is 18.2 Å². The number of fused-ring (bicyclic) bond motifs is 1. The van der Waals surface area contributed by atoms with Crippen LogP contribution in [0.2, 0.25) is 5.02 Å². The lowest BCUT2D eigenvalue weighted by atomic mass is 9.89. The Hall–Kier alpha value is -4.48. The van der Waals surface area contributed by atoms with Crippen LogP contribution in [-0.4, -0.2) is 72.5 Å². The van der Waals surface area contributed by atoms with Gasteiger partial charge in [-0.3, -0.25) is 9.59 Å². The van der Waals surface area contributed by atoms with Crippen molar-refractivity contribution >= 4 is 46.5 Å². The lowest BCUT2D eigenvalue weighted by Crippen LogP contribution is -2.49. The summed E-state index contributed by atoms with van der Waals surface area (Å²) in [6.45, 7) is 1.76. The molecule has 0 saturated carbocycles. The predicted molar refractivity (Wildman–Crippen MR) is 162 cm³/mol. The SMILES string of the molecule is CO[C@@H]1CCN(c2cccc3c2CCN(C(=O)[C@H]2CC(c4cccc(Cl)c4F)=NO2)[C@H]3C(=O)Nc2ccc(C(=O)O)cc2)C1. The van der Waals surface area contributed by atoms with E-state index in [2.05, 4.69) is 15.4 Å². The number of rotatable bonds is 7. The number of amides is 2. The van der Waals surface area contributed by atoms with E-state index in [9.17, 15) is 23.9 Å². The maximum absolute atomic E-state index is 14.7. The number of aromatic carboxylic acids is 1. The molecule has 2 N–H and O–H groups in total. The van der Waals surface area contributed by atoms with Crippen LogP contribution in [0.3, 0.4) is 0 Å². The van der Waals surface area contributed by atoms with Gasteiger partial charge in [0.1, 0.15) is 6.04 Å². The summed E-state index contributed by atoms with van der Waals surface area (Å²) in [6.07, 6.45) is 0.454. The number of nitrogens with zero attached hydrogens (tertiary/aromatic N) is 3. The molecule has 6 rings (SSSR count). The summed E-state index contributed by atoms with van der Waals surface area (Å²) in [5.74, 6) is -2.64. The van der Waals surface area contributed by atoms with Gasteiger partial charge in [0, 0.05) is 50.1 Å². The minimum atomic E-state index is -1.08. The Balaban J connectivity index is 1.30. The fraction of sp³-hybridized carbons (Fsp3) is 0.312. The molecule has 12 heteroatoms. The molecular weight excluding hydrogens is 591 g/mol. The first kappa shape index (κ1) is 29.6. The summed E-state index contributed by atoms with van der Waals surface area (Å²) in [7, 11) is 1.70. The van der Waals surface area contributed by atoms with E-state index in [-0.39, 0.29) is 40.9 Å². The van der Waals surface area contributed by atoms with Crippen molar-refractivity contribution in [3.63, 3.8) is 0 Å². The first-order chi connectivity index (χ1) is 21.2. The number of carbonyl (C=O) groups is 3. The van der Waals surface area contributed by atoms with Gasteiger partial charge in [-0.05, 0) is 66.4 Å². The average Bonchev–Trinajstić information content (AvgIpc) is 3.72. The highest BCUT2D eigenvalue weighted by atomic mass is 35.5. The van der Waals surface area contributed by atoms with Crippen molar-refractivity contribution in [2.45, 2.75) is 37.5 Å². The highest BCUT2D eigenvalue weighted by Crippen LogP contribution is 2.39. The second-order valence-corrected chi connectivity index (χ2v) is 11.3. The minimum absolute atomic E-state index is 0.0106. The minimum Gasteiger partial charge on any atom is -0.478 e.